The molecule has 0 saturated carbocycles. The maximum Gasteiger partial charge on any atom is 0.312 e. The van der Waals surface area contributed by atoms with Crippen LogP contribution in [0.2, 0.25) is 0 Å². The van der Waals surface area contributed by atoms with Gasteiger partial charge >= 0.3 is 6.08 Å². The van der Waals surface area contributed by atoms with Crippen LogP contribution in [0.25, 0.3) is 11.2 Å². The van der Waals surface area contributed by atoms with Crippen LogP contribution in [-0.4, -0.2) is 45.9 Å². The van der Waals surface area contributed by atoms with Crippen LogP contribution in [0.4, 0.5) is 10.2 Å². The largest absolute Gasteiger partial charge is 0.497 e. The van der Waals surface area contributed by atoms with E-state index in [1.807, 2.05) is 170 Å². The summed E-state index contributed by atoms with van der Waals surface area (Å²) >= 11 is 0. The fourth-order valence-electron chi connectivity index (χ4n) is 8.35. The molecule has 3 heterocycles. The average Bonchev–Trinajstić information content (AvgIpc) is 3.91. The molecule has 0 spiro atoms. The van der Waals surface area contributed by atoms with E-state index in [-0.39, 0.29) is 23.4 Å². The normalized spacial score (nSPS) is 18.0. The van der Waals surface area contributed by atoms with Crippen molar-refractivity contribution in [2.75, 3.05) is 19.5 Å². The van der Waals surface area contributed by atoms with E-state index in [0.717, 1.165) is 33.4 Å². The van der Waals surface area contributed by atoms with Gasteiger partial charge in [0.25, 0.3) is 0 Å². The number of anilines is 1. The molecule has 0 amide bonds. The molecule has 9 rings (SSSR count). The molecule has 0 unspecified atom stereocenters. The lowest BCUT2D eigenvalue weighted by molar-refractivity contribution is -0.0677. The molecule has 3 atom stereocenters. The van der Waals surface area contributed by atoms with Crippen molar-refractivity contribution >= 4 is 17.0 Å². The molecule has 1 saturated heterocycles. The second-order valence-corrected chi connectivity index (χ2v) is 14.6. The SMILES string of the molecule is [2H][C@]1(C#C)O[C@@H](n2cnc3c(NC(c4ccccc4)(c4ccccc4)c4ccc(OC)cc4)nc(F)nc32)C[C@@H]1OC(c1ccccc1)(c1ccccc1)c1ccc(OC)cc1. The number of hydrogen-bond donors (Lipinski definition) is 1. The fraction of sp³-hybridized carbons (Fsp3) is 0.157. The maximum absolute atomic E-state index is 16.0. The number of imidazole rings is 1. The first-order valence-corrected chi connectivity index (χ1v) is 19.8. The van der Waals surface area contributed by atoms with Crippen LogP contribution in [0.3, 0.4) is 0 Å². The number of halogens is 1. The summed E-state index contributed by atoms with van der Waals surface area (Å²) in [6, 6.07) is 54.7. The summed E-state index contributed by atoms with van der Waals surface area (Å²) in [7, 11) is 3.23. The van der Waals surface area contributed by atoms with Gasteiger partial charge in [-0.25, -0.2) is 4.98 Å². The number of terminal acetylenes is 1. The van der Waals surface area contributed by atoms with Crippen molar-refractivity contribution in [2.24, 2.45) is 0 Å². The Balaban J connectivity index is 1.15. The highest BCUT2D eigenvalue weighted by Crippen LogP contribution is 2.46. The Morgan fingerprint density at radius 2 is 1.15 bits per heavy atom. The standard InChI is InChI=1S/C51H42FN5O4/c1-4-43-44(61-51(38-21-13-7-14-22-38,39-23-15-8-16-24-39)40-27-31-42(59-3)32-28-40)33-45(60-43)57-34-53-46-47(54-49(52)55-48(46)57)56-50(35-17-9-5-10-18-35,36-19-11-6-12-20-36)37-25-29-41(58-2)30-26-37/h1,5-32,34,43-45H,33H2,2-3H3,(H,54,55,56)/t43-,44+,45-/m1/s1/i43D. The first kappa shape index (κ1) is 37.9. The Morgan fingerprint density at radius 3 is 1.64 bits per heavy atom. The summed E-state index contributed by atoms with van der Waals surface area (Å²) in [5.74, 6) is 4.08. The van der Waals surface area contributed by atoms with Crippen LogP contribution < -0.4 is 14.8 Å². The van der Waals surface area contributed by atoms with Gasteiger partial charge in [0.2, 0.25) is 0 Å². The number of rotatable bonds is 13. The zero-order chi connectivity index (χ0) is 42.7. The minimum Gasteiger partial charge on any atom is -0.497 e. The smallest absolute Gasteiger partial charge is 0.312 e. The van der Waals surface area contributed by atoms with Gasteiger partial charge in [-0.1, -0.05) is 152 Å². The van der Waals surface area contributed by atoms with Crippen molar-refractivity contribution < 1.29 is 24.7 Å². The number of aromatic nitrogens is 4. The zero-order valence-electron chi connectivity index (χ0n) is 34.5. The van der Waals surface area contributed by atoms with Gasteiger partial charge in [-0.05, 0) is 57.6 Å². The summed E-state index contributed by atoms with van der Waals surface area (Å²) in [6.07, 6.45) is 2.86. The number of benzene rings is 6. The summed E-state index contributed by atoms with van der Waals surface area (Å²) < 4.78 is 52.0. The van der Waals surface area contributed by atoms with Crippen molar-refractivity contribution in [3.63, 3.8) is 0 Å². The molecule has 10 heteroatoms. The van der Waals surface area contributed by atoms with E-state index in [1.54, 1.807) is 18.8 Å². The van der Waals surface area contributed by atoms with Crippen LogP contribution in [0.15, 0.2) is 176 Å². The predicted molar refractivity (Wildman–Crippen MR) is 233 cm³/mol. The number of fused-ring (bicyclic) bond motifs is 1. The lowest BCUT2D eigenvalue weighted by atomic mass is 9.77. The molecule has 302 valence electrons. The third-order valence-electron chi connectivity index (χ3n) is 11.2. The third-order valence-corrected chi connectivity index (χ3v) is 11.2. The van der Waals surface area contributed by atoms with Crippen molar-refractivity contribution in [3.05, 3.63) is 216 Å². The van der Waals surface area contributed by atoms with Gasteiger partial charge < -0.3 is 24.3 Å². The molecule has 61 heavy (non-hydrogen) atoms. The molecular weight excluding hydrogens is 766 g/mol. The lowest BCUT2D eigenvalue weighted by Crippen LogP contribution is -2.39. The van der Waals surface area contributed by atoms with Gasteiger partial charge in [-0.2, -0.15) is 14.4 Å². The molecular formula is C51H42FN5O4. The highest BCUT2D eigenvalue weighted by molar-refractivity contribution is 5.84. The van der Waals surface area contributed by atoms with E-state index in [0.29, 0.717) is 11.5 Å². The molecule has 1 aliphatic heterocycles. The van der Waals surface area contributed by atoms with Crippen molar-refractivity contribution in [1.82, 2.24) is 19.5 Å². The molecule has 9 nitrogen and oxygen atoms in total. The second kappa shape index (κ2) is 16.7. The number of nitrogens with one attached hydrogen (secondary N) is 1. The molecule has 1 fully saturated rings. The van der Waals surface area contributed by atoms with Crippen LogP contribution in [-0.2, 0) is 20.6 Å². The summed E-state index contributed by atoms with van der Waals surface area (Å²) in [5.41, 5.74) is 3.08. The molecule has 6 aromatic carbocycles. The van der Waals surface area contributed by atoms with Crippen molar-refractivity contribution in [1.29, 1.82) is 0 Å². The molecule has 0 bridgehead atoms. The second-order valence-electron chi connectivity index (χ2n) is 14.6. The third kappa shape index (κ3) is 7.14. The predicted octanol–water partition coefficient (Wildman–Crippen LogP) is 9.68. The molecule has 8 aromatic rings. The van der Waals surface area contributed by atoms with Gasteiger partial charge in [0.1, 0.15) is 41.1 Å². The quantitative estimate of drug-likeness (QED) is 0.0700. The van der Waals surface area contributed by atoms with Crippen LogP contribution in [0, 0.1) is 18.4 Å². The van der Waals surface area contributed by atoms with E-state index in [2.05, 4.69) is 21.2 Å². The van der Waals surface area contributed by atoms with E-state index in [1.165, 1.54) is 6.33 Å². The van der Waals surface area contributed by atoms with Crippen LogP contribution in [0.5, 0.6) is 11.5 Å². The Hall–Kier alpha value is -7.32. The molecule has 2 aromatic heterocycles. The van der Waals surface area contributed by atoms with E-state index in [9.17, 15) is 1.37 Å². The van der Waals surface area contributed by atoms with Gasteiger partial charge in [-0.3, -0.25) is 4.57 Å². The summed E-state index contributed by atoms with van der Waals surface area (Å²) in [6.45, 7) is 0. The van der Waals surface area contributed by atoms with Gasteiger partial charge in [0, 0.05) is 6.42 Å². The Kier molecular flexibility index (Phi) is 10.4. The Labute approximate surface area is 355 Å². The first-order valence-electron chi connectivity index (χ1n) is 20.3. The summed E-state index contributed by atoms with van der Waals surface area (Å²) in [4.78, 5) is 13.4. The van der Waals surface area contributed by atoms with Gasteiger partial charge in [0.15, 0.2) is 17.0 Å². The minimum atomic E-state index is -1.99. The Morgan fingerprint density at radius 1 is 0.689 bits per heavy atom. The zero-order valence-corrected chi connectivity index (χ0v) is 33.5. The van der Waals surface area contributed by atoms with E-state index >= 15 is 4.39 Å². The van der Waals surface area contributed by atoms with Gasteiger partial charge in [0.05, 0.1) is 21.9 Å². The first-order chi connectivity index (χ1) is 30.3. The number of methoxy groups -OCH3 is 2. The minimum absolute atomic E-state index is 0.0922. The highest BCUT2D eigenvalue weighted by Gasteiger charge is 2.46. The maximum atomic E-state index is 16.0. The molecule has 0 aliphatic carbocycles. The molecule has 1 aliphatic rings. The number of nitrogens with zero attached hydrogens (tertiary/aromatic N) is 4. The van der Waals surface area contributed by atoms with Crippen LogP contribution in [0.1, 0.15) is 47.4 Å². The monoisotopic (exact) mass is 808 g/mol. The lowest BCUT2D eigenvalue weighted by Gasteiger charge is -2.38. The number of ether oxygens (including phenoxy) is 4. The van der Waals surface area contributed by atoms with E-state index in [4.69, 9.17) is 30.4 Å². The number of hydrogen-bond acceptors (Lipinski definition) is 8. The topological polar surface area (TPSA) is 92.6 Å². The van der Waals surface area contributed by atoms with Gasteiger partial charge in [-0.15, -0.1) is 6.42 Å². The average molecular weight is 809 g/mol. The summed E-state index contributed by atoms with van der Waals surface area (Å²) in [5, 5.41) is 3.64. The van der Waals surface area contributed by atoms with Crippen molar-refractivity contribution in [2.45, 2.75) is 36.0 Å². The highest BCUT2D eigenvalue weighted by atomic mass is 19.1. The fourth-order valence-corrected chi connectivity index (χ4v) is 8.35. The molecule has 1 N–H and O–H groups in total. The van der Waals surface area contributed by atoms with Crippen molar-refractivity contribution in [3.8, 4) is 23.8 Å². The van der Waals surface area contributed by atoms with E-state index < -0.39 is 35.6 Å². The molecule has 0 radical (unpaired) electrons. The van der Waals surface area contributed by atoms with Crippen LogP contribution >= 0.6 is 0 Å². The Bertz CT molecular complexity index is 2750.